The first-order valence-corrected chi connectivity index (χ1v) is 6.49. The topological polar surface area (TPSA) is 55.1 Å². The standard InChI is InChI=1S/C15H14ClFN2O/c16-12-9-11(6-7-13(12)17)19-15(20)14(18)8-10-4-2-1-3-5-10/h1-7,9,14H,8,18H2,(H,19,20). The molecule has 0 heterocycles. The second-order valence-electron chi connectivity index (χ2n) is 4.41. The van der Waals surface area contributed by atoms with Crippen molar-refractivity contribution in [1.29, 1.82) is 0 Å². The molecule has 2 rings (SSSR count). The molecule has 0 aromatic heterocycles. The number of amides is 1. The molecule has 0 saturated heterocycles. The molecule has 1 unspecified atom stereocenters. The van der Waals surface area contributed by atoms with Gasteiger partial charge in [0.25, 0.3) is 0 Å². The van der Waals surface area contributed by atoms with Gasteiger partial charge in [0, 0.05) is 5.69 Å². The Kier molecular flexibility index (Phi) is 4.71. The maximum atomic E-state index is 13.0. The molecule has 1 atom stereocenters. The van der Waals surface area contributed by atoms with Crippen LogP contribution >= 0.6 is 11.6 Å². The predicted octanol–water partition coefficient (Wildman–Crippen LogP) is 2.99. The number of nitrogens with two attached hydrogens (primary N) is 1. The third kappa shape index (κ3) is 3.79. The van der Waals surface area contributed by atoms with Gasteiger partial charge >= 0.3 is 0 Å². The average molecular weight is 293 g/mol. The molecule has 0 saturated carbocycles. The maximum Gasteiger partial charge on any atom is 0.241 e. The number of hydrogen-bond acceptors (Lipinski definition) is 2. The Bertz CT molecular complexity index is 604. The van der Waals surface area contributed by atoms with Crippen molar-refractivity contribution in [2.45, 2.75) is 12.5 Å². The Balaban J connectivity index is 1.99. The van der Waals surface area contributed by atoms with Crippen molar-refractivity contribution >= 4 is 23.2 Å². The van der Waals surface area contributed by atoms with Gasteiger partial charge in [-0.15, -0.1) is 0 Å². The highest BCUT2D eigenvalue weighted by Gasteiger charge is 2.14. The number of carbonyl (C=O) groups is 1. The molecule has 1 amide bonds. The lowest BCUT2D eigenvalue weighted by atomic mass is 10.1. The number of anilines is 1. The molecule has 5 heteroatoms. The first kappa shape index (κ1) is 14.5. The molecule has 3 nitrogen and oxygen atoms in total. The van der Waals surface area contributed by atoms with Crippen LogP contribution in [-0.2, 0) is 11.2 Å². The summed E-state index contributed by atoms with van der Waals surface area (Å²) in [6.07, 6.45) is 0.432. The summed E-state index contributed by atoms with van der Waals surface area (Å²) >= 11 is 5.65. The highest BCUT2D eigenvalue weighted by atomic mass is 35.5. The zero-order chi connectivity index (χ0) is 14.5. The lowest BCUT2D eigenvalue weighted by Gasteiger charge is -2.12. The van der Waals surface area contributed by atoms with Crippen molar-refractivity contribution in [1.82, 2.24) is 0 Å². The molecule has 0 fully saturated rings. The van der Waals surface area contributed by atoms with Gasteiger partial charge in [-0.25, -0.2) is 4.39 Å². The molecule has 0 bridgehead atoms. The maximum absolute atomic E-state index is 13.0. The van der Waals surface area contributed by atoms with Crippen molar-refractivity contribution in [3.05, 3.63) is 64.9 Å². The van der Waals surface area contributed by atoms with E-state index in [9.17, 15) is 9.18 Å². The first-order chi connectivity index (χ1) is 9.56. The minimum Gasteiger partial charge on any atom is -0.325 e. The van der Waals surface area contributed by atoms with Gasteiger partial charge < -0.3 is 11.1 Å². The molecule has 0 radical (unpaired) electrons. The SMILES string of the molecule is NC(Cc1ccccc1)C(=O)Nc1ccc(F)c(Cl)c1. The molecular formula is C15H14ClFN2O. The average Bonchev–Trinajstić information content (AvgIpc) is 2.44. The minimum atomic E-state index is -0.679. The Morgan fingerprint density at radius 1 is 1.25 bits per heavy atom. The summed E-state index contributed by atoms with van der Waals surface area (Å²) in [7, 11) is 0. The van der Waals surface area contributed by atoms with Crippen molar-refractivity contribution in [2.24, 2.45) is 5.73 Å². The number of benzene rings is 2. The van der Waals surface area contributed by atoms with Gasteiger partial charge in [-0.05, 0) is 30.2 Å². The van der Waals surface area contributed by atoms with Crippen LogP contribution in [-0.4, -0.2) is 11.9 Å². The lowest BCUT2D eigenvalue weighted by Crippen LogP contribution is -2.37. The van der Waals surface area contributed by atoms with Crippen LogP contribution in [0.1, 0.15) is 5.56 Å². The monoisotopic (exact) mass is 292 g/mol. The summed E-state index contributed by atoms with van der Waals surface area (Å²) in [5, 5.41) is 2.57. The van der Waals surface area contributed by atoms with Crippen LogP contribution < -0.4 is 11.1 Å². The second kappa shape index (κ2) is 6.50. The van der Waals surface area contributed by atoms with E-state index in [4.69, 9.17) is 17.3 Å². The zero-order valence-electron chi connectivity index (χ0n) is 10.6. The van der Waals surface area contributed by atoms with Gasteiger partial charge in [0.2, 0.25) is 5.91 Å². The van der Waals surface area contributed by atoms with Crippen LogP contribution in [0.5, 0.6) is 0 Å². The van der Waals surface area contributed by atoms with Crippen LogP contribution in [0.15, 0.2) is 48.5 Å². The normalized spacial score (nSPS) is 11.9. The molecule has 2 aromatic rings. The number of halogens is 2. The van der Waals surface area contributed by atoms with Gasteiger partial charge in [-0.2, -0.15) is 0 Å². The molecule has 20 heavy (non-hydrogen) atoms. The smallest absolute Gasteiger partial charge is 0.241 e. The molecule has 0 aliphatic rings. The van der Waals surface area contributed by atoms with Gasteiger partial charge in [-0.3, -0.25) is 4.79 Å². The Hall–Kier alpha value is -1.91. The molecule has 3 N–H and O–H groups in total. The van der Waals surface area contributed by atoms with E-state index < -0.39 is 11.9 Å². The van der Waals surface area contributed by atoms with E-state index >= 15 is 0 Å². The lowest BCUT2D eigenvalue weighted by molar-refractivity contribution is -0.117. The van der Waals surface area contributed by atoms with E-state index in [-0.39, 0.29) is 10.9 Å². The summed E-state index contributed by atoms with van der Waals surface area (Å²) in [4.78, 5) is 11.9. The fourth-order valence-electron chi connectivity index (χ4n) is 1.77. The highest BCUT2D eigenvalue weighted by Crippen LogP contribution is 2.19. The van der Waals surface area contributed by atoms with Crippen LogP contribution in [0.3, 0.4) is 0 Å². The number of hydrogen-bond donors (Lipinski definition) is 2. The predicted molar refractivity (Wildman–Crippen MR) is 78.2 cm³/mol. The van der Waals surface area contributed by atoms with Crippen LogP contribution in [0.2, 0.25) is 5.02 Å². The summed E-state index contributed by atoms with van der Waals surface area (Å²) < 4.78 is 13.0. The van der Waals surface area contributed by atoms with Crippen LogP contribution in [0.4, 0.5) is 10.1 Å². The summed E-state index contributed by atoms with van der Waals surface area (Å²) in [5.74, 6) is -0.866. The minimum absolute atomic E-state index is 0.0422. The molecule has 0 aliphatic carbocycles. The van der Waals surface area contributed by atoms with Crippen LogP contribution in [0, 0.1) is 5.82 Å². The highest BCUT2D eigenvalue weighted by molar-refractivity contribution is 6.31. The van der Waals surface area contributed by atoms with Gasteiger partial charge in [0.1, 0.15) is 5.82 Å². The van der Waals surface area contributed by atoms with E-state index in [0.29, 0.717) is 12.1 Å². The molecule has 104 valence electrons. The van der Waals surface area contributed by atoms with Crippen molar-refractivity contribution in [2.75, 3.05) is 5.32 Å². The third-order valence-corrected chi connectivity index (χ3v) is 3.11. The Morgan fingerprint density at radius 2 is 1.95 bits per heavy atom. The van der Waals surface area contributed by atoms with E-state index in [1.165, 1.54) is 18.2 Å². The van der Waals surface area contributed by atoms with Crippen molar-refractivity contribution in [3.8, 4) is 0 Å². The quantitative estimate of drug-likeness (QED) is 0.910. The third-order valence-electron chi connectivity index (χ3n) is 2.82. The van der Waals surface area contributed by atoms with E-state index in [1.807, 2.05) is 30.3 Å². The second-order valence-corrected chi connectivity index (χ2v) is 4.82. The van der Waals surface area contributed by atoms with Gasteiger partial charge in [-0.1, -0.05) is 41.9 Å². The number of carbonyl (C=O) groups excluding carboxylic acids is 1. The summed E-state index contributed by atoms with van der Waals surface area (Å²) in [6, 6.07) is 12.8. The molecular weight excluding hydrogens is 279 g/mol. The van der Waals surface area contributed by atoms with Crippen molar-refractivity contribution < 1.29 is 9.18 Å². The van der Waals surface area contributed by atoms with Gasteiger partial charge in [0.15, 0.2) is 0 Å². The fourth-order valence-corrected chi connectivity index (χ4v) is 1.95. The Morgan fingerprint density at radius 3 is 2.60 bits per heavy atom. The summed E-state index contributed by atoms with van der Waals surface area (Å²) in [5.41, 5.74) is 7.25. The van der Waals surface area contributed by atoms with E-state index in [0.717, 1.165) is 5.56 Å². The van der Waals surface area contributed by atoms with E-state index in [1.54, 1.807) is 0 Å². The number of nitrogens with one attached hydrogen (secondary N) is 1. The first-order valence-electron chi connectivity index (χ1n) is 6.11. The van der Waals surface area contributed by atoms with Crippen molar-refractivity contribution in [3.63, 3.8) is 0 Å². The fraction of sp³-hybridized carbons (Fsp3) is 0.133. The molecule has 0 aliphatic heterocycles. The number of rotatable bonds is 4. The Labute approximate surface area is 121 Å². The summed E-state index contributed by atoms with van der Waals surface area (Å²) in [6.45, 7) is 0. The van der Waals surface area contributed by atoms with Gasteiger partial charge in [0.05, 0.1) is 11.1 Å². The largest absolute Gasteiger partial charge is 0.325 e. The molecule has 2 aromatic carbocycles. The zero-order valence-corrected chi connectivity index (χ0v) is 11.4. The van der Waals surface area contributed by atoms with E-state index in [2.05, 4.69) is 5.32 Å². The van der Waals surface area contributed by atoms with Crippen LogP contribution in [0.25, 0.3) is 0 Å². The molecule has 0 spiro atoms.